The van der Waals surface area contributed by atoms with Crippen molar-refractivity contribution in [3.05, 3.63) is 41.0 Å². The Hall–Kier alpha value is -2.08. The van der Waals surface area contributed by atoms with Gasteiger partial charge in [-0.1, -0.05) is 63.8 Å². The number of nitriles is 1. The highest BCUT2D eigenvalue weighted by molar-refractivity contribution is 5.96. The van der Waals surface area contributed by atoms with E-state index in [1.807, 2.05) is 24.3 Å². The van der Waals surface area contributed by atoms with Crippen molar-refractivity contribution in [2.45, 2.75) is 46.0 Å². The largest absolute Gasteiger partial charge is 0.477 e. The van der Waals surface area contributed by atoms with Gasteiger partial charge in [0, 0.05) is 0 Å². The number of rotatable bonds is 8. The quantitative estimate of drug-likeness (QED) is 0.567. The molecule has 1 aromatic rings. The Bertz CT molecular complexity index is 523. The fourth-order valence-corrected chi connectivity index (χ4v) is 2.34. The average Bonchev–Trinajstić information content (AvgIpc) is 2.50. The highest BCUT2D eigenvalue weighted by Gasteiger charge is 2.08. The van der Waals surface area contributed by atoms with E-state index in [4.69, 9.17) is 10.4 Å². The molecule has 1 atom stereocenters. The van der Waals surface area contributed by atoms with Crippen LogP contribution in [0.1, 0.15) is 50.7 Å². The van der Waals surface area contributed by atoms with E-state index in [1.165, 1.54) is 37.3 Å². The maximum Gasteiger partial charge on any atom is 0.346 e. The molecule has 0 aliphatic carbocycles. The van der Waals surface area contributed by atoms with Crippen LogP contribution in [0.5, 0.6) is 0 Å². The number of benzene rings is 1. The van der Waals surface area contributed by atoms with Gasteiger partial charge in [-0.25, -0.2) is 4.79 Å². The van der Waals surface area contributed by atoms with Gasteiger partial charge < -0.3 is 5.11 Å². The van der Waals surface area contributed by atoms with Crippen LogP contribution >= 0.6 is 0 Å². The first kappa shape index (κ1) is 17.0. The summed E-state index contributed by atoms with van der Waals surface area (Å²) in [4.78, 5) is 10.8. The predicted molar refractivity (Wildman–Crippen MR) is 84.7 cm³/mol. The summed E-state index contributed by atoms with van der Waals surface area (Å²) in [6, 6.07) is 9.50. The molecule has 0 heterocycles. The number of carboxylic acids is 1. The number of carboxylic acid groups (broad SMARTS) is 1. The van der Waals surface area contributed by atoms with Crippen molar-refractivity contribution in [3.8, 4) is 6.07 Å². The number of hydrogen-bond acceptors (Lipinski definition) is 2. The van der Waals surface area contributed by atoms with E-state index in [2.05, 4.69) is 13.8 Å². The van der Waals surface area contributed by atoms with Gasteiger partial charge in [0.1, 0.15) is 11.6 Å². The lowest BCUT2D eigenvalue weighted by molar-refractivity contribution is -0.132. The van der Waals surface area contributed by atoms with Crippen molar-refractivity contribution in [1.29, 1.82) is 5.26 Å². The first-order valence-corrected chi connectivity index (χ1v) is 7.54. The van der Waals surface area contributed by atoms with Crippen LogP contribution in [0.25, 0.3) is 6.08 Å². The van der Waals surface area contributed by atoms with Gasteiger partial charge in [-0.3, -0.25) is 0 Å². The van der Waals surface area contributed by atoms with E-state index in [1.54, 1.807) is 6.07 Å². The molecule has 112 valence electrons. The molecule has 0 aliphatic rings. The van der Waals surface area contributed by atoms with Crippen LogP contribution in [0.15, 0.2) is 29.8 Å². The second-order valence-corrected chi connectivity index (χ2v) is 5.34. The molecule has 1 rings (SSSR count). The Morgan fingerprint density at radius 2 is 2.00 bits per heavy atom. The normalized spacial score (nSPS) is 12.7. The minimum Gasteiger partial charge on any atom is -0.477 e. The summed E-state index contributed by atoms with van der Waals surface area (Å²) < 4.78 is 0. The molecule has 0 fully saturated rings. The van der Waals surface area contributed by atoms with Gasteiger partial charge in [0.05, 0.1) is 0 Å². The molecule has 0 radical (unpaired) electrons. The SMILES string of the molecule is CCCCC(CC)Cc1ccc(/C=C(/C#N)C(=O)O)cc1. The molecule has 1 N–H and O–H groups in total. The van der Waals surface area contributed by atoms with E-state index in [0.717, 1.165) is 12.0 Å². The number of unbranched alkanes of at least 4 members (excludes halogenated alkanes) is 1. The van der Waals surface area contributed by atoms with Crippen molar-refractivity contribution in [1.82, 2.24) is 0 Å². The molecule has 0 bridgehead atoms. The van der Waals surface area contributed by atoms with Crippen LogP contribution in [0.2, 0.25) is 0 Å². The highest BCUT2D eigenvalue weighted by Crippen LogP contribution is 2.19. The smallest absolute Gasteiger partial charge is 0.346 e. The van der Waals surface area contributed by atoms with Crippen LogP contribution in [0, 0.1) is 17.2 Å². The molecular formula is C18H23NO2. The second kappa shape index (κ2) is 8.97. The van der Waals surface area contributed by atoms with Crippen LogP contribution in [0.3, 0.4) is 0 Å². The Labute approximate surface area is 126 Å². The van der Waals surface area contributed by atoms with Crippen LogP contribution in [-0.4, -0.2) is 11.1 Å². The van der Waals surface area contributed by atoms with E-state index in [9.17, 15) is 4.79 Å². The minimum absolute atomic E-state index is 0.239. The summed E-state index contributed by atoms with van der Waals surface area (Å²) in [7, 11) is 0. The summed E-state index contributed by atoms with van der Waals surface area (Å²) in [5.74, 6) is -0.479. The van der Waals surface area contributed by atoms with Crippen molar-refractivity contribution in [3.63, 3.8) is 0 Å². The fraction of sp³-hybridized carbons (Fsp3) is 0.444. The van der Waals surface area contributed by atoms with E-state index < -0.39 is 5.97 Å². The zero-order valence-corrected chi connectivity index (χ0v) is 12.8. The molecule has 21 heavy (non-hydrogen) atoms. The molecular weight excluding hydrogens is 262 g/mol. The van der Waals surface area contributed by atoms with E-state index >= 15 is 0 Å². The predicted octanol–water partition coefficient (Wildman–Crippen LogP) is 4.44. The lowest BCUT2D eigenvalue weighted by atomic mass is 9.91. The maximum absolute atomic E-state index is 10.8. The second-order valence-electron chi connectivity index (χ2n) is 5.34. The lowest BCUT2D eigenvalue weighted by Crippen LogP contribution is -2.03. The summed E-state index contributed by atoms with van der Waals surface area (Å²) in [6.07, 6.45) is 7.40. The Morgan fingerprint density at radius 1 is 1.33 bits per heavy atom. The van der Waals surface area contributed by atoms with E-state index in [-0.39, 0.29) is 5.57 Å². The molecule has 0 aromatic heterocycles. The zero-order chi connectivity index (χ0) is 15.7. The minimum atomic E-state index is -1.19. The maximum atomic E-state index is 10.8. The number of hydrogen-bond donors (Lipinski definition) is 1. The van der Waals surface area contributed by atoms with Crippen molar-refractivity contribution >= 4 is 12.0 Å². The van der Waals surface area contributed by atoms with Crippen molar-refractivity contribution < 1.29 is 9.90 Å². The van der Waals surface area contributed by atoms with Crippen LogP contribution in [-0.2, 0) is 11.2 Å². The Kier molecular flexibility index (Phi) is 7.25. The first-order chi connectivity index (χ1) is 10.1. The summed E-state index contributed by atoms with van der Waals surface area (Å²) in [5, 5.41) is 17.6. The van der Waals surface area contributed by atoms with Gasteiger partial charge in [-0.15, -0.1) is 0 Å². The van der Waals surface area contributed by atoms with Gasteiger partial charge in [0.15, 0.2) is 0 Å². The number of carbonyl (C=O) groups is 1. The summed E-state index contributed by atoms with van der Waals surface area (Å²) >= 11 is 0. The molecule has 3 heteroatoms. The van der Waals surface area contributed by atoms with Crippen molar-refractivity contribution in [2.75, 3.05) is 0 Å². The topological polar surface area (TPSA) is 61.1 Å². The first-order valence-electron chi connectivity index (χ1n) is 7.54. The van der Waals surface area contributed by atoms with Crippen LogP contribution < -0.4 is 0 Å². The molecule has 0 saturated carbocycles. The molecule has 0 spiro atoms. The fourth-order valence-electron chi connectivity index (χ4n) is 2.34. The molecule has 3 nitrogen and oxygen atoms in total. The molecule has 0 aliphatic heterocycles. The lowest BCUT2D eigenvalue weighted by Gasteiger charge is -2.14. The molecule has 1 aromatic carbocycles. The average molecular weight is 285 g/mol. The number of aliphatic carboxylic acids is 1. The standard InChI is InChI=1S/C18H23NO2/c1-3-5-6-14(4-2)11-15-7-9-16(10-8-15)12-17(13-19)18(20)21/h7-10,12,14H,3-6,11H2,1-2H3,(H,20,21)/b17-12-. The van der Waals surface area contributed by atoms with Gasteiger partial charge in [0.2, 0.25) is 0 Å². The molecule has 0 saturated heterocycles. The third-order valence-electron chi connectivity index (χ3n) is 3.71. The van der Waals surface area contributed by atoms with Gasteiger partial charge in [-0.2, -0.15) is 5.26 Å². The molecule has 0 amide bonds. The zero-order valence-electron chi connectivity index (χ0n) is 12.8. The third-order valence-corrected chi connectivity index (χ3v) is 3.71. The van der Waals surface area contributed by atoms with Gasteiger partial charge >= 0.3 is 5.97 Å². The van der Waals surface area contributed by atoms with Gasteiger partial charge in [0.25, 0.3) is 0 Å². The summed E-state index contributed by atoms with van der Waals surface area (Å²) in [6.45, 7) is 4.44. The van der Waals surface area contributed by atoms with Crippen molar-refractivity contribution in [2.24, 2.45) is 5.92 Å². The molecule has 1 unspecified atom stereocenters. The summed E-state index contributed by atoms with van der Waals surface area (Å²) in [5.41, 5.74) is 1.78. The third kappa shape index (κ3) is 5.83. The number of nitrogens with zero attached hydrogens (tertiary/aromatic N) is 1. The monoisotopic (exact) mass is 285 g/mol. The Morgan fingerprint density at radius 3 is 2.48 bits per heavy atom. The Balaban J connectivity index is 2.74. The van der Waals surface area contributed by atoms with E-state index in [0.29, 0.717) is 5.92 Å². The van der Waals surface area contributed by atoms with Gasteiger partial charge in [-0.05, 0) is 29.5 Å². The highest BCUT2D eigenvalue weighted by atomic mass is 16.4. The van der Waals surface area contributed by atoms with Crippen LogP contribution in [0.4, 0.5) is 0 Å².